The minimum Gasteiger partial charge on any atom is -0.497 e. The SMILES string of the molecule is COc1ccc(-c2ccc(-c3ccc(C4CCc5cc(C(C)O)c(F)cc5O4)cc3F)cc2F)cc1. The maximum atomic E-state index is 15.2. The zero-order valence-electron chi connectivity index (χ0n) is 19.9. The van der Waals surface area contributed by atoms with Crippen LogP contribution in [0.2, 0.25) is 0 Å². The Morgan fingerprint density at radius 2 is 1.50 bits per heavy atom. The zero-order chi connectivity index (χ0) is 25.4. The Balaban J connectivity index is 1.38. The molecule has 6 heteroatoms. The molecule has 1 aliphatic rings. The summed E-state index contributed by atoms with van der Waals surface area (Å²) in [6.45, 7) is 1.51. The number of benzene rings is 4. The van der Waals surface area contributed by atoms with E-state index < -0.39 is 29.7 Å². The predicted octanol–water partition coefficient (Wildman–Crippen LogP) is 7.57. The van der Waals surface area contributed by atoms with Gasteiger partial charge in [0.15, 0.2) is 0 Å². The van der Waals surface area contributed by atoms with Gasteiger partial charge < -0.3 is 14.6 Å². The van der Waals surface area contributed by atoms with Crippen molar-refractivity contribution < 1.29 is 27.8 Å². The monoisotopic (exact) mass is 490 g/mol. The smallest absolute Gasteiger partial charge is 0.132 e. The summed E-state index contributed by atoms with van der Waals surface area (Å²) in [6, 6.07) is 19.4. The van der Waals surface area contributed by atoms with Crippen LogP contribution in [0.3, 0.4) is 0 Å². The molecule has 0 aliphatic carbocycles. The highest BCUT2D eigenvalue weighted by molar-refractivity contribution is 5.72. The van der Waals surface area contributed by atoms with Crippen LogP contribution in [0, 0.1) is 17.5 Å². The van der Waals surface area contributed by atoms with E-state index in [2.05, 4.69) is 0 Å². The average Bonchev–Trinajstić information content (AvgIpc) is 2.87. The topological polar surface area (TPSA) is 38.7 Å². The van der Waals surface area contributed by atoms with Gasteiger partial charge >= 0.3 is 0 Å². The summed E-state index contributed by atoms with van der Waals surface area (Å²) < 4.78 is 55.5. The Kier molecular flexibility index (Phi) is 6.46. The maximum absolute atomic E-state index is 15.2. The van der Waals surface area contributed by atoms with Crippen molar-refractivity contribution in [2.45, 2.75) is 32.0 Å². The fraction of sp³-hybridized carbons (Fsp3) is 0.200. The van der Waals surface area contributed by atoms with E-state index in [0.29, 0.717) is 46.6 Å². The largest absolute Gasteiger partial charge is 0.497 e. The lowest BCUT2D eigenvalue weighted by molar-refractivity contribution is 0.172. The molecule has 5 rings (SSSR count). The fourth-order valence-corrected chi connectivity index (χ4v) is 4.63. The molecule has 0 bridgehead atoms. The molecule has 4 aromatic carbocycles. The number of ether oxygens (including phenoxy) is 2. The number of hydrogen-bond acceptors (Lipinski definition) is 3. The van der Waals surface area contributed by atoms with Crippen molar-refractivity contribution in [1.82, 2.24) is 0 Å². The van der Waals surface area contributed by atoms with Crippen molar-refractivity contribution in [2.75, 3.05) is 7.11 Å². The summed E-state index contributed by atoms with van der Waals surface area (Å²) >= 11 is 0. The van der Waals surface area contributed by atoms with Crippen molar-refractivity contribution in [3.05, 3.63) is 107 Å². The van der Waals surface area contributed by atoms with Gasteiger partial charge in [0.2, 0.25) is 0 Å². The average molecular weight is 491 g/mol. The van der Waals surface area contributed by atoms with Gasteiger partial charge in [0.05, 0.1) is 13.2 Å². The number of hydrogen-bond donors (Lipinski definition) is 1. The first kappa shape index (κ1) is 23.9. The molecule has 184 valence electrons. The van der Waals surface area contributed by atoms with E-state index in [-0.39, 0.29) is 11.1 Å². The molecule has 36 heavy (non-hydrogen) atoms. The fourth-order valence-electron chi connectivity index (χ4n) is 4.63. The minimum absolute atomic E-state index is 0.233. The third-order valence-electron chi connectivity index (χ3n) is 6.62. The number of fused-ring (bicyclic) bond motifs is 1. The number of aliphatic hydroxyl groups excluding tert-OH is 1. The lowest BCUT2D eigenvalue weighted by Crippen LogP contribution is -2.16. The molecule has 1 aliphatic heterocycles. The summed E-state index contributed by atoms with van der Waals surface area (Å²) in [5.41, 5.74) is 3.49. The van der Waals surface area contributed by atoms with E-state index in [0.717, 1.165) is 5.56 Å². The number of rotatable bonds is 5. The highest BCUT2D eigenvalue weighted by Crippen LogP contribution is 2.38. The Morgan fingerprint density at radius 3 is 2.17 bits per heavy atom. The van der Waals surface area contributed by atoms with E-state index in [1.54, 1.807) is 61.7 Å². The molecule has 0 saturated heterocycles. The zero-order valence-corrected chi connectivity index (χ0v) is 19.9. The van der Waals surface area contributed by atoms with Crippen molar-refractivity contribution in [3.63, 3.8) is 0 Å². The van der Waals surface area contributed by atoms with Gasteiger partial charge in [0.25, 0.3) is 0 Å². The van der Waals surface area contributed by atoms with E-state index in [1.807, 2.05) is 0 Å². The molecule has 1 N–H and O–H groups in total. The molecule has 0 aromatic heterocycles. The summed E-state index contributed by atoms with van der Waals surface area (Å²) in [4.78, 5) is 0. The van der Waals surface area contributed by atoms with Crippen LogP contribution < -0.4 is 9.47 Å². The lowest BCUT2D eigenvalue weighted by Gasteiger charge is -2.27. The molecular formula is C30H25F3O3. The van der Waals surface area contributed by atoms with Crippen LogP contribution >= 0.6 is 0 Å². The molecule has 3 nitrogen and oxygen atoms in total. The van der Waals surface area contributed by atoms with E-state index in [9.17, 15) is 13.9 Å². The van der Waals surface area contributed by atoms with Gasteiger partial charge in [-0.15, -0.1) is 0 Å². The predicted molar refractivity (Wildman–Crippen MR) is 133 cm³/mol. The van der Waals surface area contributed by atoms with Crippen LogP contribution in [-0.2, 0) is 6.42 Å². The highest BCUT2D eigenvalue weighted by atomic mass is 19.1. The van der Waals surface area contributed by atoms with Crippen molar-refractivity contribution in [1.29, 1.82) is 0 Å². The Bertz CT molecular complexity index is 1410. The molecule has 0 spiro atoms. The number of aliphatic hydroxyl groups is 1. The van der Waals surface area contributed by atoms with E-state index >= 15 is 4.39 Å². The summed E-state index contributed by atoms with van der Waals surface area (Å²) in [5, 5.41) is 9.75. The number of aryl methyl sites for hydroxylation is 1. The van der Waals surface area contributed by atoms with Crippen LogP contribution in [-0.4, -0.2) is 12.2 Å². The third kappa shape index (κ3) is 4.56. The second kappa shape index (κ2) is 9.70. The van der Waals surface area contributed by atoms with Gasteiger partial charge in [-0.3, -0.25) is 0 Å². The molecule has 2 unspecified atom stereocenters. The highest BCUT2D eigenvalue weighted by Gasteiger charge is 2.25. The molecule has 0 saturated carbocycles. The minimum atomic E-state index is -0.912. The number of halogens is 3. The first-order valence-electron chi connectivity index (χ1n) is 11.7. The van der Waals surface area contributed by atoms with Gasteiger partial charge in [-0.05, 0) is 72.4 Å². The third-order valence-corrected chi connectivity index (χ3v) is 6.62. The molecule has 1 heterocycles. The Morgan fingerprint density at radius 1 is 0.833 bits per heavy atom. The van der Waals surface area contributed by atoms with Crippen LogP contribution in [0.25, 0.3) is 22.3 Å². The van der Waals surface area contributed by atoms with Crippen LogP contribution in [0.15, 0.2) is 72.8 Å². The normalized spacial score (nSPS) is 15.7. The molecule has 0 amide bonds. The molecule has 0 radical (unpaired) electrons. The lowest BCUT2D eigenvalue weighted by atomic mass is 9.93. The quantitative estimate of drug-likeness (QED) is 0.314. The summed E-state index contributed by atoms with van der Waals surface area (Å²) in [5.74, 6) is -0.404. The second-order valence-electron chi connectivity index (χ2n) is 8.96. The van der Waals surface area contributed by atoms with Gasteiger partial charge in [0.1, 0.15) is 35.1 Å². The van der Waals surface area contributed by atoms with Crippen LogP contribution in [0.4, 0.5) is 13.2 Å². The van der Waals surface area contributed by atoms with Crippen LogP contribution in [0.1, 0.15) is 42.2 Å². The molecular weight excluding hydrogens is 465 g/mol. The van der Waals surface area contributed by atoms with Crippen molar-refractivity contribution >= 4 is 0 Å². The van der Waals surface area contributed by atoms with Gasteiger partial charge in [-0.1, -0.05) is 36.4 Å². The van der Waals surface area contributed by atoms with Gasteiger partial charge in [-0.2, -0.15) is 0 Å². The molecule has 2 atom stereocenters. The summed E-state index contributed by atoms with van der Waals surface area (Å²) in [6.07, 6.45) is -0.153. The Labute approximate surface area is 207 Å². The second-order valence-corrected chi connectivity index (χ2v) is 8.96. The molecule has 4 aromatic rings. The van der Waals surface area contributed by atoms with Crippen molar-refractivity contribution in [3.8, 4) is 33.8 Å². The van der Waals surface area contributed by atoms with E-state index in [1.165, 1.54) is 25.1 Å². The van der Waals surface area contributed by atoms with Gasteiger partial charge in [-0.25, -0.2) is 13.2 Å². The summed E-state index contributed by atoms with van der Waals surface area (Å²) in [7, 11) is 1.57. The van der Waals surface area contributed by atoms with E-state index in [4.69, 9.17) is 9.47 Å². The van der Waals surface area contributed by atoms with Crippen molar-refractivity contribution in [2.24, 2.45) is 0 Å². The maximum Gasteiger partial charge on any atom is 0.132 e. The first-order valence-corrected chi connectivity index (χ1v) is 11.7. The number of methoxy groups -OCH3 is 1. The molecule has 0 fully saturated rings. The standard InChI is InChI=1S/C30H25F3O3/c1-17(34)25-13-20-7-12-29(36-30(20)16-28(25)33)21-6-11-24(27(32)15-21)19-5-10-23(26(31)14-19)18-3-8-22(35-2)9-4-18/h3-6,8-11,13-17,29,34H,7,12H2,1-2H3. The van der Waals surface area contributed by atoms with Crippen LogP contribution in [0.5, 0.6) is 11.5 Å². The van der Waals surface area contributed by atoms with Gasteiger partial charge in [0, 0.05) is 22.8 Å². The Hall–Kier alpha value is -3.77. The first-order chi connectivity index (χ1) is 17.3.